The maximum Gasteiger partial charge on any atom is 0.231 e. The van der Waals surface area contributed by atoms with Crippen LogP contribution in [0.25, 0.3) is 5.76 Å². The fourth-order valence-electron chi connectivity index (χ4n) is 5.24. The lowest BCUT2D eigenvalue weighted by Gasteiger charge is -2.41. The van der Waals surface area contributed by atoms with Crippen molar-refractivity contribution < 1.29 is 19.4 Å². The Balaban J connectivity index is 1.64. The molecule has 2 heterocycles. The Bertz CT molecular complexity index is 1440. The van der Waals surface area contributed by atoms with E-state index in [0.717, 1.165) is 11.3 Å². The first-order valence-corrected chi connectivity index (χ1v) is 12.2. The summed E-state index contributed by atoms with van der Waals surface area (Å²) in [6.07, 6.45) is 1.76. The maximum atomic E-state index is 13.6. The van der Waals surface area contributed by atoms with E-state index in [-0.39, 0.29) is 24.2 Å². The van der Waals surface area contributed by atoms with Gasteiger partial charge in [0.05, 0.1) is 0 Å². The summed E-state index contributed by atoms with van der Waals surface area (Å²) in [6, 6.07) is 21.9. The van der Waals surface area contributed by atoms with E-state index in [2.05, 4.69) is 0 Å². The molecule has 2 N–H and O–H groups in total. The molecule has 1 atom stereocenters. The van der Waals surface area contributed by atoms with Crippen molar-refractivity contribution in [2.75, 3.05) is 11.7 Å². The molecule has 0 radical (unpaired) electrons. The van der Waals surface area contributed by atoms with Crippen LogP contribution in [0.15, 0.2) is 89.6 Å². The van der Waals surface area contributed by atoms with E-state index in [1.54, 1.807) is 29.2 Å². The number of allylic oxidation sites excluding steroid dienone is 2. The fourth-order valence-corrected chi connectivity index (χ4v) is 5.37. The highest BCUT2D eigenvalue weighted by Crippen LogP contribution is 2.49. The van der Waals surface area contributed by atoms with Crippen LogP contribution in [0.4, 0.5) is 5.69 Å². The van der Waals surface area contributed by atoms with Crippen LogP contribution in [0.5, 0.6) is 11.5 Å². The second kappa shape index (κ2) is 8.88. The predicted molar refractivity (Wildman–Crippen MR) is 139 cm³/mol. The number of carbonyl (C=O) groups is 1. The number of amidine groups is 1. The number of rotatable bonds is 3. The largest absolute Gasteiger partial charge is 0.507 e. The zero-order valence-electron chi connectivity index (χ0n) is 19.3. The van der Waals surface area contributed by atoms with Crippen molar-refractivity contribution in [1.82, 2.24) is 0 Å². The molecule has 6 rings (SSSR count). The number of nitrogens with one attached hydrogen (secondary N) is 1. The molecule has 2 aliphatic heterocycles. The van der Waals surface area contributed by atoms with Gasteiger partial charge in [0, 0.05) is 45.5 Å². The van der Waals surface area contributed by atoms with Gasteiger partial charge in [0.15, 0.2) is 17.3 Å². The standard InChI is InChI=1S/C29H23ClN2O4/c30-19-10-12-20(13-11-19)32-21-7-4-8-22(33)26(21)25(18-9-14-23-24(15-18)36-16-35-23)27(29(32)31)28(34)17-5-2-1-3-6-17/h1-3,5-6,9-15,25,31,34H,4,7-8,16H2/t25-/m1/s1. The van der Waals surface area contributed by atoms with Gasteiger partial charge in [0.2, 0.25) is 6.79 Å². The highest BCUT2D eigenvalue weighted by Gasteiger charge is 2.43. The van der Waals surface area contributed by atoms with Crippen molar-refractivity contribution in [3.05, 3.63) is 106 Å². The molecule has 7 heteroatoms. The zero-order chi connectivity index (χ0) is 24.8. The molecular weight excluding hydrogens is 476 g/mol. The van der Waals surface area contributed by atoms with Gasteiger partial charge >= 0.3 is 0 Å². The molecule has 0 saturated carbocycles. The lowest BCUT2D eigenvalue weighted by Crippen LogP contribution is -2.42. The zero-order valence-corrected chi connectivity index (χ0v) is 20.1. The molecule has 0 unspecified atom stereocenters. The van der Waals surface area contributed by atoms with Crippen LogP contribution in [-0.4, -0.2) is 23.5 Å². The molecule has 36 heavy (non-hydrogen) atoms. The van der Waals surface area contributed by atoms with Crippen LogP contribution in [-0.2, 0) is 4.79 Å². The molecule has 0 bridgehead atoms. The van der Waals surface area contributed by atoms with Crippen LogP contribution >= 0.6 is 11.6 Å². The summed E-state index contributed by atoms with van der Waals surface area (Å²) < 4.78 is 11.1. The molecule has 3 aliphatic rings. The van der Waals surface area contributed by atoms with E-state index in [0.29, 0.717) is 58.2 Å². The molecule has 180 valence electrons. The Morgan fingerprint density at radius 1 is 0.972 bits per heavy atom. The van der Waals surface area contributed by atoms with Crippen LogP contribution in [0.3, 0.4) is 0 Å². The predicted octanol–water partition coefficient (Wildman–Crippen LogP) is 6.63. The molecular formula is C29H23ClN2O4. The van der Waals surface area contributed by atoms with Crippen molar-refractivity contribution in [3.8, 4) is 11.5 Å². The third-order valence-corrected chi connectivity index (χ3v) is 7.12. The van der Waals surface area contributed by atoms with Gasteiger partial charge in [-0.3, -0.25) is 15.1 Å². The molecule has 0 amide bonds. The normalized spacial score (nSPS) is 20.5. The smallest absolute Gasteiger partial charge is 0.231 e. The van der Waals surface area contributed by atoms with Gasteiger partial charge in [-0.1, -0.05) is 48.0 Å². The Morgan fingerprint density at radius 2 is 1.72 bits per heavy atom. The molecule has 6 nitrogen and oxygen atoms in total. The van der Waals surface area contributed by atoms with Crippen molar-refractivity contribution in [1.29, 1.82) is 5.41 Å². The van der Waals surface area contributed by atoms with E-state index in [1.807, 2.05) is 48.5 Å². The van der Waals surface area contributed by atoms with Crippen LogP contribution < -0.4 is 14.4 Å². The summed E-state index contributed by atoms with van der Waals surface area (Å²) >= 11 is 6.15. The minimum Gasteiger partial charge on any atom is -0.507 e. The minimum atomic E-state index is -0.626. The number of ketones is 1. The molecule has 0 fully saturated rings. The second-order valence-corrected chi connectivity index (χ2v) is 9.41. The Kier molecular flexibility index (Phi) is 5.53. The quantitative estimate of drug-likeness (QED) is 0.396. The third-order valence-electron chi connectivity index (χ3n) is 6.87. The van der Waals surface area contributed by atoms with Gasteiger partial charge in [-0.25, -0.2) is 0 Å². The highest BCUT2D eigenvalue weighted by molar-refractivity contribution is 6.30. The number of aliphatic hydroxyl groups excluding tert-OH is 1. The van der Waals surface area contributed by atoms with Crippen LogP contribution in [0, 0.1) is 5.41 Å². The van der Waals surface area contributed by atoms with Crippen LogP contribution in [0.1, 0.15) is 36.3 Å². The summed E-state index contributed by atoms with van der Waals surface area (Å²) in [4.78, 5) is 15.3. The summed E-state index contributed by atoms with van der Waals surface area (Å²) in [5, 5.41) is 21.6. The van der Waals surface area contributed by atoms with Crippen molar-refractivity contribution in [2.24, 2.45) is 0 Å². The minimum absolute atomic E-state index is 0.0174. The summed E-state index contributed by atoms with van der Waals surface area (Å²) in [6.45, 7) is 0.133. The molecule has 3 aromatic rings. The number of hydrogen-bond acceptors (Lipinski definition) is 5. The average molecular weight is 499 g/mol. The lowest BCUT2D eigenvalue weighted by molar-refractivity contribution is -0.116. The number of halogens is 1. The number of hydrogen-bond donors (Lipinski definition) is 2. The number of anilines is 1. The average Bonchev–Trinajstić information content (AvgIpc) is 3.37. The van der Waals surface area contributed by atoms with E-state index in [9.17, 15) is 15.3 Å². The summed E-state index contributed by atoms with van der Waals surface area (Å²) in [7, 11) is 0. The summed E-state index contributed by atoms with van der Waals surface area (Å²) in [5.41, 5.74) is 3.80. The first-order chi connectivity index (χ1) is 17.5. The number of carbonyl (C=O) groups excluding carboxylic acids is 1. The lowest BCUT2D eigenvalue weighted by atomic mass is 9.73. The molecule has 0 saturated heterocycles. The van der Waals surface area contributed by atoms with Crippen molar-refractivity contribution >= 4 is 34.7 Å². The van der Waals surface area contributed by atoms with E-state index >= 15 is 0 Å². The molecule has 1 aliphatic carbocycles. The number of ether oxygens (including phenoxy) is 2. The SMILES string of the molecule is N=C1C(=C(O)c2ccccc2)[C@H](c2ccc3c(c2)OCO3)C2=C(CCCC2=O)N1c1ccc(Cl)cc1. The highest BCUT2D eigenvalue weighted by atomic mass is 35.5. The molecule has 3 aromatic carbocycles. The summed E-state index contributed by atoms with van der Waals surface area (Å²) in [5.74, 6) is 0.696. The number of aliphatic hydroxyl groups is 1. The monoisotopic (exact) mass is 498 g/mol. The molecule has 0 spiro atoms. The number of fused-ring (bicyclic) bond motifs is 1. The fraction of sp³-hybridized carbons (Fsp3) is 0.172. The van der Waals surface area contributed by atoms with Gasteiger partial charge in [-0.15, -0.1) is 0 Å². The first kappa shape index (κ1) is 22.4. The number of Topliss-reactive ketones (excluding diaryl/α,β-unsaturated/α-hetero) is 1. The van der Waals surface area contributed by atoms with E-state index < -0.39 is 5.92 Å². The Labute approximate surface area is 213 Å². The van der Waals surface area contributed by atoms with E-state index in [1.165, 1.54) is 0 Å². The van der Waals surface area contributed by atoms with Gasteiger partial charge in [-0.05, 0) is 54.8 Å². The van der Waals surface area contributed by atoms with Crippen molar-refractivity contribution in [3.63, 3.8) is 0 Å². The number of benzene rings is 3. The Hall–Kier alpha value is -4.03. The maximum absolute atomic E-state index is 13.6. The number of nitrogens with zero attached hydrogens (tertiary/aromatic N) is 1. The van der Waals surface area contributed by atoms with Crippen molar-refractivity contribution in [2.45, 2.75) is 25.2 Å². The third kappa shape index (κ3) is 3.65. The van der Waals surface area contributed by atoms with Crippen LogP contribution in [0.2, 0.25) is 5.02 Å². The topological polar surface area (TPSA) is 82.9 Å². The molecule has 0 aromatic heterocycles. The van der Waals surface area contributed by atoms with E-state index in [4.69, 9.17) is 21.1 Å². The van der Waals surface area contributed by atoms with Gasteiger partial charge < -0.3 is 14.6 Å². The van der Waals surface area contributed by atoms with Gasteiger partial charge in [0.25, 0.3) is 0 Å². The van der Waals surface area contributed by atoms with Gasteiger partial charge in [0.1, 0.15) is 11.6 Å². The Morgan fingerprint density at radius 3 is 2.50 bits per heavy atom. The second-order valence-electron chi connectivity index (χ2n) is 8.97. The first-order valence-electron chi connectivity index (χ1n) is 11.8. The van der Waals surface area contributed by atoms with Gasteiger partial charge in [-0.2, -0.15) is 0 Å².